The van der Waals surface area contributed by atoms with Crippen LogP contribution in [-0.4, -0.2) is 32.3 Å². The van der Waals surface area contributed by atoms with Crippen molar-refractivity contribution in [1.82, 2.24) is 5.32 Å². The van der Waals surface area contributed by atoms with E-state index in [0.29, 0.717) is 6.54 Å². The Morgan fingerprint density at radius 1 is 1.61 bits per heavy atom. The van der Waals surface area contributed by atoms with E-state index in [2.05, 4.69) is 5.32 Å². The molecular formula is C13H16FNO3. The van der Waals surface area contributed by atoms with E-state index in [1.165, 1.54) is 25.3 Å². The number of methoxy groups -OCH3 is 1. The fourth-order valence-corrected chi connectivity index (χ4v) is 1.92. The molecule has 1 aromatic carbocycles. The predicted molar refractivity (Wildman–Crippen MR) is 64.3 cm³/mol. The highest BCUT2D eigenvalue weighted by atomic mass is 19.1. The van der Waals surface area contributed by atoms with Gasteiger partial charge in [0.1, 0.15) is 0 Å². The average Bonchev–Trinajstić information content (AvgIpc) is 2.89. The second-order valence-electron chi connectivity index (χ2n) is 4.19. The van der Waals surface area contributed by atoms with Crippen molar-refractivity contribution < 1.29 is 18.7 Å². The molecule has 1 saturated heterocycles. The Hall–Kier alpha value is -1.62. The fraction of sp³-hybridized carbons (Fsp3) is 0.462. The maximum Gasteiger partial charge on any atom is 0.251 e. The highest BCUT2D eigenvalue weighted by Crippen LogP contribution is 2.17. The molecule has 1 atom stereocenters. The zero-order valence-corrected chi connectivity index (χ0v) is 10.2. The molecule has 2 rings (SSSR count). The number of carbonyl (C=O) groups is 1. The van der Waals surface area contributed by atoms with E-state index in [4.69, 9.17) is 9.47 Å². The second kappa shape index (κ2) is 5.82. The molecule has 18 heavy (non-hydrogen) atoms. The third kappa shape index (κ3) is 2.98. The van der Waals surface area contributed by atoms with Gasteiger partial charge in [0.15, 0.2) is 11.6 Å². The smallest absolute Gasteiger partial charge is 0.251 e. The summed E-state index contributed by atoms with van der Waals surface area (Å²) in [5, 5.41) is 2.73. The van der Waals surface area contributed by atoms with Crippen LogP contribution < -0.4 is 10.1 Å². The lowest BCUT2D eigenvalue weighted by molar-refractivity contribution is 0.0857. The lowest BCUT2D eigenvalue weighted by Gasteiger charge is -2.11. The van der Waals surface area contributed by atoms with Gasteiger partial charge in [-0.15, -0.1) is 0 Å². The Morgan fingerprint density at radius 3 is 3.06 bits per heavy atom. The number of rotatable bonds is 4. The second-order valence-corrected chi connectivity index (χ2v) is 4.19. The van der Waals surface area contributed by atoms with E-state index in [9.17, 15) is 9.18 Å². The number of benzene rings is 1. The number of amides is 1. The maximum absolute atomic E-state index is 13.4. The summed E-state index contributed by atoms with van der Waals surface area (Å²) in [5.41, 5.74) is 0.284. The number of ether oxygens (including phenoxy) is 2. The predicted octanol–water partition coefficient (Wildman–Crippen LogP) is 1.74. The average molecular weight is 253 g/mol. The molecule has 0 spiro atoms. The van der Waals surface area contributed by atoms with Gasteiger partial charge in [-0.25, -0.2) is 4.39 Å². The first-order valence-corrected chi connectivity index (χ1v) is 5.94. The molecule has 1 N–H and O–H groups in total. The minimum atomic E-state index is -0.540. The first kappa shape index (κ1) is 12.8. The molecule has 1 fully saturated rings. The summed E-state index contributed by atoms with van der Waals surface area (Å²) < 4.78 is 23.6. The van der Waals surface area contributed by atoms with Crippen LogP contribution in [-0.2, 0) is 4.74 Å². The minimum absolute atomic E-state index is 0.0806. The maximum atomic E-state index is 13.4. The molecule has 0 aliphatic carbocycles. The molecular weight excluding hydrogens is 237 g/mol. The van der Waals surface area contributed by atoms with Crippen molar-refractivity contribution >= 4 is 5.91 Å². The SMILES string of the molecule is COc1ccc(C(=O)NC[C@@H]2CCCO2)cc1F. The highest BCUT2D eigenvalue weighted by Gasteiger charge is 2.17. The summed E-state index contributed by atoms with van der Waals surface area (Å²) >= 11 is 0. The standard InChI is InChI=1S/C13H16FNO3/c1-17-12-5-4-9(7-11(12)14)13(16)15-8-10-3-2-6-18-10/h4-5,7,10H,2-3,6,8H2,1H3,(H,15,16)/t10-/m0/s1. The molecule has 4 nitrogen and oxygen atoms in total. The van der Waals surface area contributed by atoms with Crippen LogP contribution in [0.1, 0.15) is 23.2 Å². The van der Waals surface area contributed by atoms with E-state index in [0.717, 1.165) is 19.4 Å². The van der Waals surface area contributed by atoms with Gasteiger partial charge < -0.3 is 14.8 Å². The van der Waals surface area contributed by atoms with Crippen LogP contribution in [0.15, 0.2) is 18.2 Å². The Morgan fingerprint density at radius 2 is 2.44 bits per heavy atom. The van der Waals surface area contributed by atoms with E-state index in [-0.39, 0.29) is 23.3 Å². The molecule has 1 heterocycles. The Labute approximate surface area is 105 Å². The van der Waals surface area contributed by atoms with E-state index < -0.39 is 5.82 Å². The van der Waals surface area contributed by atoms with E-state index >= 15 is 0 Å². The van der Waals surface area contributed by atoms with Crippen LogP contribution in [0.5, 0.6) is 5.75 Å². The molecule has 1 amide bonds. The number of nitrogens with one attached hydrogen (secondary N) is 1. The van der Waals surface area contributed by atoms with Crippen molar-refractivity contribution in [2.75, 3.05) is 20.3 Å². The summed E-state index contributed by atoms with van der Waals surface area (Å²) in [6.07, 6.45) is 2.06. The molecule has 1 aromatic rings. The van der Waals surface area contributed by atoms with Gasteiger partial charge in [-0.1, -0.05) is 0 Å². The first-order chi connectivity index (χ1) is 8.70. The van der Waals surface area contributed by atoms with Crippen molar-refractivity contribution in [3.63, 3.8) is 0 Å². The topological polar surface area (TPSA) is 47.6 Å². The molecule has 0 aromatic heterocycles. The van der Waals surface area contributed by atoms with Gasteiger partial charge in [0.2, 0.25) is 0 Å². The quantitative estimate of drug-likeness (QED) is 0.889. The Kier molecular flexibility index (Phi) is 4.15. The summed E-state index contributed by atoms with van der Waals surface area (Å²) in [6, 6.07) is 4.15. The van der Waals surface area contributed by atoms with Crippen LogP contribution in [0.2, 0.25) is 0 Å². The molecule has 0 radical (unpaired) electrons. The normalized spacial score (nSPS) is 18.7. The zero-order valence-electron chi connectivity index (χ0n) is 10.2. The lowest BCUT2D eigenvalue weighted by Crippen LogP contribution is -2.31. The summed E-state index contributed by atoms with van der Waals surface area (Å²) in [5.74, 6) is -0.708. The lowest BCUT2D eigenvalue weighted by atomic mass is 10.2. The molecule has 0 bridgehead atoms. The van der Waals surface area contributed by atoms with Gasteiger partial charge in [-0.2, -0.15) is 0 Å². The molecule has 5 heteroatoms. The zero-order chi connectivity index (χ0) is 13.0. The molecule has 1 aliphatic heterocycles. The third-order valence-electron chi connectivity index (χ3n) is 2.93. The molecule has 98 valence electrons. The van der Waals surface area contributed by atoms with Crippen LogP contribution in [0.3, 0.4) is 0 Å². The van der Waals surface area contributed by atoms with Crippen molar-refractivity contribution in [2.45, 2.75) is 18.9 Å². The summed E-state index contributed by atoms with van der Waals surface area (Å²) in [7, 11) is 1.38. The van der Waals surface area contributed by atoms with Gasteiger partial charge in [0, 0.05) is 18.7 Å². The summed E-state index contributed by atoms with van der Waals surface area (Å²) in [4.78, 5) is 11.8. The van der Waals surface area contributed by atoms with Crippen LogP contribution in [0.4, 0.5) is 4.39 Å². The summed E-state index contributed by atoms with van der Waals surface area (Å²) in [6.45, 7) is 1.21. The van der Waals surface area contributed by atoms with Gasteiger partial charge in [0.25, 0.3) is 5.91 Å². The number of hydrogen-bond acceptors (Lipinski definition) is 3. The number of halogens is 1. The van der Waals surface area contributed by atoms with Crippen LogP contribution in [0, 0.1) is 5.82 Å². The number of carbonyl (C=O) groups excluding carboxylic acids is 1. The minimum Gasteiger partial charge on any atom is -0.494 e. The van der Waals surface area contributed by atoms with Crippen molar-refractivity contribution in [3.8, 4) is 5.75 Å². The van der Waals surface area contributed by atoms with Crippen molar-refractivity contribution in [1.29, 1.82) is 0 Å². The van der Waals surface area contributed by atoms with Crippen LogP contribution >= 0.6 is 0 Å². The Bertz CT molecular complexity index is 430. The van der Waals surface area contributed by atoms with Gasteiger partial charge in [0.05, 0.1) is 13.2 Å². The van der Waals surface area contributed by atoms with E-state index in [1.54, 1.807) is 0 Å². The van der Waals surface area contributed by atoms with Gasteiger partial charge in [-0.05, 0) is 31.0 Å². The van der Waals surface area contributed by atoms with E-state index in [1.807, 2.05) is 0 Å². The molecule has 1 aliphatic rings. The van der Waals surface area contributed by atoms with Crippen molar-refractivity contribution in [3.05, 3.63) is 29.6 Å². The van der Waals surface area contributed by atoms with Crippen LogP contribution in [0.25, 0.3) is 0 Å². The monoisotopic (exact) mass is 253 g/mol. The third-order valence-corrected chi connectivity index (χ3v) is 2.93. The molecule has 0 saturated carbocycles. The van der Waals surface area contributed by atoms with Crippen molar-refractivity contribution in [2.24, 2.45) is 0 Å². The highest BCUT2D eigenvalue weighted by molar-refractivity contribution is 5.94. The van der Waals surface area contributed by atoms with Gasteiger partial charge in [-0.3, -0.25) is 4.79 Å². The molecule has 0 unspecified atom stereocenters. The first-order valence-electron chi connectivity index (χ1n) is 5.94. The number of hydrogen-bond donors (Lipinski definition) is 1. The fourth-order valence-electron chi connectivity index (χ4n) is 1.92. The Balaban J connectivity index is 1.93. The van der Waals surface area contributed by atoms with Gasteiger partial charge >= 0.3 is 0 Å². The largest absolute Gasteiger partial charge is 0.494 e.